The number of halogens is 1. The molecule has 0 spiro atoms. The van der Waals surface area contributed by atoms with Crippen LogP contribution < -0.4 is 5.32 Å². The van der Waals surface area contributed by atoms with Crippen LogP contribution in [0.2, 0.25) is 5.02 Å². The minimum Gasteiger partial charge on any atom is -0.378 e. The zero-order chi connectivity index (χ0) is 18.1. The Morgan fingerprint density at radius 2 is 2.12 bits per heavy atom. The van der Waals surface area contributed by atoms with E-state index < -0.39 is 5.60 Å². The van der Waals surface area contributed by atoms with Gasteiger partial charge in [-0.3, -0.25) is 0 Å². The Labute approximate surface area is 156 Å². The van der Waals surface area contributed by atoms with Gasteiger partial charge < -0.3 is 15.4 Å². The summed E-state index contributed by atoms with van der Waals surface area (Å²) in [6.07, 6.45) is 7.05. The van der Waals surface area contributed by atoms with E-state index >= 15 is 0 Å². The minimum atomic E-state index is -0.840. The van der Waals surface area contributed by atoms with E-state index in [1.165, 1.54) is 0 Å². The highest BCUT2D eigenvalue weighted by molar-refractivity contribution is 6.33. The van der Waals surface area contributed by atoms with E-state index in [9.17, 15) is 5.11 Å². The van der Waals surface area contributed by atoms with Crippen molar-refractivity contribution >= 4 is 28.5 Å². The number of hydrogen-bond acceptors (Lipinski definition) is 4. The maximum Gasteiger partial charge on any atom is 0.223 e. The molecule has 0 atom stereocenters. The lowest BCUT2D eigenvalue weighted by Crippen LogP contribution is -2.20. The maximum absolute atomic E-state index is 10.4. The third-order valence-corrected chi connectivity index (χ3v) is 5.05. The molecule has 6 heteroatoms. The van der Waals surface area contributed by atoms with E-state index in [0.29, 0.717) is 16.7 Å². The molecule has 0 aliphatic heterocycles. The molecule has 0 amide bonds. The number of nitrogens with one attached hydrogen (secondary N) is 2. The fraction of sp³-hybridized carbons (Fsp3) is 0.300. The van der Waals surface area contributed by atoms with Crippen LogP contribution in [0, 0.1) is 11.8 Å². The topological polar surface area (TPSA) is 73.8 Å². The molecule has 1 aromatic carbocycles. The van der Waals surface area contributed by atoms with Gasteiger partial charge in [0, 0.05) is 35.3 Å². The van der Waals surface area contributed by atoms with Crippen LogP contribution in [0.25, 0.3) is 22.2 Å². The summed E-state index contributed by atoms with van der Waals surface area (Å²) in [5, 5.41) is 14.8. The van der Waals surface area contributed by atoms with Gasteiger partial charge in [-0.15, -0.1) is 0 Å². The summed E-state index contributed by atoms with van der Waals surface area (Å²) in [5.74, 6) is 6.70. The van der Waals surface area contributed by atoms with E-state index in [1.54, 1.807) is 13.2 Å². The van der Waals surface area contributed by atoms with Crippen LogP contribution in [0.5, 0.6) is 0 Å². The monoisotopic (exact) mass is 366 g/mol. The summed E-state index contributed by atoms with van der Waals surface area (Å²) >= 11 is 6.32. The first-order valence-electron chi connectivity index (χ1n) is 8.65. The number of aromatic amines is 1. The average Bonchev–Trinajstić information content (AvgIpc) is 3.27. The van der Waals surface area contributed by atoms with Gasteiger partial charge in [-0.2, -0.15) is 0 Å². The van der Waals surface area contributed by atoms with Gasteiger partial charge in [0.15, 0.2) is 0 Å². The van der Waals surface area contributed by atoms with Gasteiger partial charge >= 0.3 is 0 Å². The SMILES string of the molecule is CNc1ncc(Cl)c(-c2c[nH]c3ccc(C#CC4(O)CCCC4)cc23)n1. The molecule has 0 radical (unpaired) electrons. The number of hydrogen-bond donors (Lipinski definition) is 3. The fourth-order valence-corrected chi connectivity index (χ4v) is 3.54. The second kappa shape index (κ2) is 6.64. The van der Waals surface area contributed by atoms with Gasteiger partial charge in [-0.1, -0.05) is 23.4 Å². The van der Waals surface area contributed by atoms with E-state index in [-0.39, 0.29) is 0 Å². The Bertz CT molecular complexity index is 1030. The number of fused-ring (bicyclic) bond motifs is 1. The number of rotatable bonds is 2. The van der Waals surface area contributed by atoms with Gasteiger partial charge in [-0.25, -0.2) is 9.97 Å². The molecule has 0 unspecified atom stereocenters. The summed E-state index contributed by atoms with van der Waals surface area (Å²) in [5.41, 5.74) is 2.56. The Morgan fingerprint density at radius 1 is 1.31 bits per heavy atom. The molecule has 0 bridgehead atoms. The molecule has 3 N–H and O–H groups in total. The maximum atomic E-state index is 10.4. The first kappa shape index (κ1) is 16.9. The highest BCUT2D eigenvalue weighted by atomic mass is 35.5. The fourth-order valence-electron chi connectivity index (χ4n) is 3.34. The molecular formula is C20H19ClN4O. The van der Waals surface area contributed by atoms with Gasteiger partial charge in [0.1, 0.15) is 5.60 Å². The van der Waals surface area contributed by atoms with Crippen LogP contribution in [0.1, 0.15) is 31.2 Å². The summed E-state index contributed by atoms with van der Waals surface area (Å²) < 4.78 is 0. The Morgan fingerprint density at radius 3 is 2.88 bits per heavy atom. The summed E-state index contributed by atoms with van der Waals surface area (Å²) in [7, 11) is 1.77. The summed E-state index contributed by atoms with van der Waals surface area (Å²) in [4.78, 5) is 11.9. The third-order valence-electron chi connectivity index (χ3n) is 4.77. The molecule has 4 rings (SSSR count). The van der Waals surface area contributed by atoms with Gasteiger partial charge in [0.2, 0.25) is 5.95 Å². The van der Waals surface area contributed by atoms with Crippen LogP contribution in [0.4, 0.5) is 5.95 Å². The number of H-pyrrole nitrogens is 1. The van der Waals surface area contributed by atoms with Crippen LogP contribution >= 0.6 is 11.6 Å². The van der Waals surface area contributed by atoms with E-state index in [0.717, 1.165) is 47.7 Å². The van der Waals surface area contributed by atoms with Crippen molar-refractivity contribution in [3.8, 4) is 23.1 Å². The predicted molar refractivity (Wildman–Crippen MR) is 104 cm³/mol. The number of anilines is 1. The van der Waals surface area contributed by atoms with Crippen LogP contribution in [0.15, 0.2) is 30.6 Å². The number of aliphatic hydroxyl groups is 1. The molecule has 1 aliphatic carbocycles. The standard InChI is InChI=1S/C20H19ClN4O/c1-22-19-24-12-16(21)18(25-19)15-11-23-17-5-4-13(10-14(15)17)6-9-20(26)7-2-3-8-20/h4-5,10-12,23,26H,2-3,7-8H2,1H3,(H,22,24,25). The Hall–Kier alpha value is -2.55. The van der Waals surface area contributed by atoms with Gasteiger partial charge in [0.25, 0.3) is 0 Å². The first-order chi connectivity index (χ1) is 12.6. The Kier molecular flexibility index (Phi) is 4.31. The molecule has 132 valence electrons. The van der Waals surface area contributed by atoms with E-state index in [2.05, 4.69) is 32.1 Å². The molecule has 0 saturated heterocycles. The van der Waals surface area contributed by atoms with Crippen molar-refractivity contribution in [1.82, 2.24) is 15.0 Å². The lowest BCUT2D eigenvalue weighted by molar-refractivity contribution is 0.110. The lowest BCUT2D eigenvalue weighted by Gasteiger charge is -2.12. The highest BCUT2D eigenvalue weighted by Gasteiger charge is 2.28. The van der Waals surface area contributed by atoms with Crippen molar-refractivity contribution in [2.45, 2.75) is 31.3 Å². The zero-order valence-electron chi connectivity index (χ0n) is 14.4. The van der Waals surface area contributed by atoms with E-state index in [4.69, 9.17) is 11.6 Å². The Balaban J connectivity index is 1.77. The molecule has 2 heterocycles. The van der Waals surface area contributed by atoms with Crippen molar-refractivity contribution in [3.63, 3.8) is 0 Å². The van der Waals surface area contributed by atoms with Crippen molar-refractivity contribution in [2.24, 2.45) is 0 Å². The molecule has 3 aromatic rings. The smallest absolute Gasteiger partial charge is 0.223 e. The summed E-state index contributed by atoms with van der Waals surface area (Å²) in [6.45, 7) is 0. The quantitative estimate of drug-likeness (QED) is 0.600. The third kappa shape index (κ3) is 3.14. The van der Waals surface area contributed by atoms with Crippen molar-refractivity contribution in [2.75, 3.05) is 12.4 Å². The average molecular weight is 367 g/mol. The van der Waals surface area contributed by atoms with Crippen molar-refractivity contribution < 1.29 is 5.11 Å². The molecule has 1 fully saturated rings. The minimum absolute atomic E-state index is 0.488. The molecule has 1 aliphatic rings. The van der Waals surface area contributed by atoms with Gasteiger partial charge in [-0.05, 0) is 43.9 Å². The highest BCUT2D eigenvalue weighted by Crippen LogP contribution is 2.33. The van der Waals surface area contributed by atoms with Crippen LogP contribution in [-0.2, 0) is 0 Å². The zero-order valence-corrected chi connectivity index (χ0v) is 15.2. The van der Waals surface area contributed by atoms with Crippen molar-refractivity contribution in [1.29, 1.82) is 0 Å². The normalized spacial score (nSPS) is 15.7. The molecule has 1 saturated carbocycles. The molecule has 2 aromatic heterocycles. The predicted octanol–water partition coefficient (Wildman–Crippen LogP) is 3.98. The van der Waals surface area contributed by atoms with Gasteiger partial charge in [0.05, 0.1) is 16.9 Å². The van der Waals surface area contributed by atoms with Crippen LogP contribution in [0.3, 0.4) is 0 Å². The summed E-state index contributed by atoms with van der Waals surface area (Å²) in [6, 6.07) is 5.94. The molecule has 5 nitrogen and oxygen atoms in total. The van der Waals surface area contributed by atoms with Crippen LogP contribution in [-0.4, -0.2) is 32.7 Å². The lowest BCUT2D eigenvalue weighted by atomic mass is 10.0. The van der Waals surface area contributed by atoms with Crippen molar-refractivity contribution in [3.05, 3.63) is 41.2 Å². The second-order valence-electron chi connectivity index (χ2n) is 6.59. The molecular weight excluding hydrogens is 348 g/mol. The number of benzene rings is 1. The first-order valence-corrected chi connectivity index (χ1v) is 9.03. The number of nitrogens with zero attached hydrogens (tertiary/aromatic N) is 2. The second-order valence-corrected chi connectivity index (χ2v) is 7.00. The molecule has 26 heavy (non-hydrogen) atoms. The largest absolute Gasteiger partial charge is 0.378 e. The van der Waals surface area contributed by atoms with E-state index in [1.807, 2.05) is 24.4 Å². The number of aromatic nitrogens is 3.